The minimum absolute atomic E-state index is 0.0432. The number of nitrogens with one attached hydrogen (secondary N) is 2. The van der Waals surface area contributed by atoms with Crippen molar-refractivity contribution in [1.29, 1.82) is 0 Å². The Morgan fingerprint density at radius 2 is 2.00 bits per heavy atom. The van der Waals surface area contributed by atoms with Crippen molar-refractivity contribution in [3.05, 3.63) is 47.0 Å². The summed E-state index contributed by atoms with van der Waals surface area (Å²) in [6, 6.07) is 5.07. The first-order valence-corrected chi connectivity index (χ1v) is 10.4. The van der Waals surface area contributed by atoms with Crippen molar-refractivity contribution in [2.24, 2.45) is 0 Å². The molecule has 0 unspecified atom stereocenters. The summed E-state index contributed by atoms with van der Waals surface area (Å²) in [4.78, 5) is 14.9. The maximum Gasteiger partial charge on any atom is 0.272 e. The Morgan fingerprint density at radius 1 is 1.28 bits per heavy atom. The summed E-state index contributed by atoms with van der Waals surface area (Å²) in [5, 5.41) is 2.42. The number of anilines is 1. The van der Waals surface area contributed by atoms with E-state index in [0.717, 1.165) is 17.6 Å². The van der Waals surface area contributed by atoms with E-state index in [1.807, 2.05) is 0 Å². The van der Waals surface area contributed by atoms with Gasteiger partial charge in [-0.2, -0.15) is 16.1 Å². The Bertz CT molecular complexity index is 895. The number of carbonyl (C=O) groups is 1. The summed E-state index contributed by atoms with van der Waals surface area (Å²) in [7, 11) is -3.62. The molecule has 0 aliphatic carbocycles. The average Bonchev–Trinajstić information content (AvgIpc) is 3.10. The van der Waals surface area contributed by atoms with Gasteiger partial charge in [0.25, 0.3) is 5.91 Å². The molecular weight excluding hydrogens is 389 g/mol. The second kappa shape index (κ2) is 7.36. The van der Waals surface area contributed by atoms with Crippen LogP contribution in [0.4, 0.5) is 10.1 Å². The third kappa shape index (κ3) is 4.00. The molecule has 1 fully saturated rings. The molecule has 2 heterocycles. The van der Waals surface area contributed by atoms with Gasteiger partial charge in [0, 0.05) is 36.5 Å². The number of sulfonamides is 1. The quantitative estimate of drug-likeness (QED) is 0.822. The summed E-state index contributed by atoms with van der Waals surface area (Å²) >= 11 is 7.38. The highest BCUT2D eigenvalue weighted by Crippen LogP contribution is 2.22. The molecule has 0 radical (unpaired) electrons. The van der Waals surface area contributed by atoms with Gasteiger partial charge in [0.1, 0.15) is 16.4 Å². The van der Waals surface area contributed by atoms with Crippen LogP contribution in [-0.2, 0) is 10.0 Å². The fourth-order valence-corrected chi connectivity index (χ4v) is 5.11. The van der Waals surface area contributed by atoms with Crippen molar-refractivity contribution in [3.63, 3.8) is 0 Å². The van der Waals surface area contributed by atoms with Crippen LogP contribution in [-0.4, -0.2) is 48.2 Å². The fraction of sp³-hybridized carbons (Fsp3) is 0.267. The third-order valence-electron chi connectivity index (χ3n) is 3.69. The number of amides is 1. The number of rotatable bonds is 4. The first-order valence-electron chi connectivity index (χ1n) is 7.40. The number of aromatic nitrogens is 1. The lowest BCUT2D eigenvalue weighted by molar-refractivity contribution is 0.102. The van der Waals surface area contributed by atoms with E-state index in [4.69, 9.17) is 11.6 Å². The SMILES string of the molecule is O=C(Nc1ccc(F)c(Cl)c1)c1cc(S(=O)(=O)N2CCSCC2)c[nH]1. The Morgan fingerprint density at radius 3 is 2.68 bits per heavy atom. The van der Waals surface area contributed by atoms with Crippen LogP contribution in [0.3, 0.4) is 0 Å². The molecule has 0 bridgehead atoms. The minimum atomic E-state index is -3.62. The highest BCUT2D eigenvalue weighted by molar-refractivity contribution is 7.99. The normalized spacial score (nSPS) is 15.9. The van der Waals surface area contributed by atoms with E-state index < -0.39 is 21.7 Å². The van der Waals surface area contributed by atoms with Crippen LogP contribution in [0.25, 0.3) is 0 Å². The lowest BCUT2D eigenvalue weighted by Crippen LogP contribution is -2.37. The molecule has 0 atom stereocenters. The summed E-state index contributed by atoms with van der Waals surface area (Å²) in [6.07, 6.45) is 1.30. The monoisotopic (exact) mass is 403 g/mol. The van der Waals surface area contributed by atoms with Crippen molar-refractivity contribution < 1.29 is 17.6 Å². The molecule has 2 aromatic rings. The van der Waals surface area contributed by atoms with Crippen LogP contribution >= 0.6 is 23.4 Å². The van der Waals surface area contributed by atoms with E-state index >= 15 is 0 Å². The number of hydrogen-bond donors (Lipinski definition) is 2. The number of aromatic amines is 1. The Hall–Kier alpha value is -1.55. The highest BCUT2D eigenvalue weighted by atomic mass is 35.5. The molecule has 0 spiro atoms. The van der Waals surface area contributed by atoms with Crippen LogP contribution in [0.15, 0.2) is 35.4 Å². The molecular formula is C15H15ClFN3O3S2. The summed E-state index contributed by atoms with van der Waals surface area (Å²) < 4.78 is 39.7. The fourth-order valence-electron chi connectivity index (χ4n) is 2.36. The van der Waals surface area contributed by atoms with Gasteiger partial charge < -0.3 is 10.3 Å². The number of halogens is 2. The smallest absolute Gasteiger partial charge is 0.272 e. The molecule has 1 aromatic carbocycles. The zero-order valence-corrected chi connectivity index (χ0v) is 15.3. The maximum atomic E-state index is 13.1. The standard InChI is InChI=1S/C15H15ClFN3O3S2/c16-12-7-10(1-2-13(12)17)19-15(21)14-8-11(9-18-14)25(22,23)20-3-5-24-6-4-20/h1-2,7-9,18H,3-6H2,(H,19,21). The first kappa shape index (κ1) is 18.2. The molecule has 2 N–H and O–H groups in total. The zero-order chi connectivity index (χ0) is 18.0. The van der Waals surface area contributed by atoms with E-state index in [9.17, 15) is 17.6 Å². The van der Waals surface area contributed by atoms with Crippen molar-refractivity contribution in [2.45, 2.75) is 4.90 Å². The molecule has 0 saturated carbocycles. The lowest BCUT2D eigenvalue weighted by atomic mass is 10.3. The van der Waals surface area contributed by atoms with Crippen molar-refractivity contribution in [3.8, 4) is 0 Å². The molecule has 1 amide bonds. The van der Waals surface area contributed by atoms with E-state index in [1.165, 1.54) is 28.7 Å². The molecule has 3 rings (SSSR count). The van der Waals surface area contributed by atoms with Crippen LogP contribution in [0.5, 0.6) is 0 Å². The highest BCUT2D eigenvalue weighted by Gasteiger charge is 2.27. The van der Waals surface area contributed by atoms with E-state index in [0.29, 0.717) is 18.8 Å². The molecule has 134 valence electrons. The molecule has 1 aromatic heterocycles. The molecule has 10 heteroatoms. The molecule has 25 heavy (non-hydrogen) atoms. The number of benzene rings is 1. The van der Waals surface area contributed by atoms with Gasteiger partial charge in [-0.05, 0) is 24.3 Å². The first-order chi connectivity index (χ1) is 11.9. The van der Waals surface area contributed by atoms with Gasteiger partial charge in [-0.1, -0.05) is 11.6 Å². The Labute approximate surface area is 153 Å². The number of carbonyl (C=O) groups excluding carboxylic acids is 1. The van der Waals surface area contributed by atoms with E-state index in [2.05, 4.69) is 10.3 Å². The predicted molar refractivity (Wildman–Crippen MR) is 96.2 cm³/mol. The van der Waals surface area contributed by atoms with Gasteiger partial charge in [-0.15, -0.1) is 0 Å². The van der Waals surface area contributed by atoms with Crippen LogP contribution in [0, 0.1) is 5.82 Å². The molecule has 6 nitrogen and oxygen atoms in total. The second-order valence-corrected chi connectivity index (χ2v) is 8.92. The summed E-state index contributed by atoms with van der Waals surface area (Å²) in [5.74, 6) is 0.371. The largest absolute Gasteiger partial charge is 0.356 e. The average molecular weight is 404 g/mol. The van der Waals surface area contributed by atoms with Crippen molar-refractivity contribution in [2.75, 3.05) is 29.9 Å². The van der Waals surface area contributed by atoms with E-state index in [-0.39, 0.29) is 15.6 Å². The summed E-state index contributed by atoms with van der Waals surface area (Å²) in [5.41, 5.74) is 0.397. The summed E-state index contributed by atoms with van der Waals surface area (Å²) in [6.45, 7) is 0.904. The van der Waals surface area contributed by atoms with Gasteiger partial charge in [0.15, 0.2) is 0 Å². The zero-order valence-electron chi connectivity index (χ0n) is 13.0. The maximum absolute atomic E-state index is 13.1. The van der Waals surface area contributed by atoms with Gasteiger partial charge in [0.05, 0.1) is 5.02 Å². The van der Waals surface area contributed by atoms with Gasteiger partial charge in [-0.3, -0.25) is 4.79 Å². The molecule has 1 aliphatic rings. The van der Waals surface area contributed by atoms with Gasteiger partial charge in [-0.25, -0.2) is 12.8 Å². The number of thioether (sulfide) groups is 1. The number of nitrogens with zero attached hydrogens (tertiary/aromatic N) is 1. The lowest BCUT2D eigenvalue weighted by Gasteiger charge is -2.24. The predicted octanol–water partition coefficient (Wildman–Crippen LogP) is 2.80. The van der Waals surface area contributed by atoms with Crippen molar-refractivity contribution in [1.82, 2.24) is 9.29 Å². The van der Waals surface area contributed by atoms with Crippen LogP contribution in [0.2, 0.25) is 5.02 Å². The second-order valence-electron chi connectivity index (χ2n) is 5.35. The minimum Gasteiger partial charge on any atom is -0.356 e. The Balaban J connectivity index is 1.76. The number of H-pyrrole nitrogens is 1. The van der Waals surface area contributed by atoms with Gasteiger partial charge >= 0.3 is 0 Å². The van der Waals surface area contributed by atoms with Crippen LogP contribution in [0.1, 0.15) is 10.5 Å². The van der Waals surface area contributed by atoms with Crippen molar-refractivity contribution >= 4 is 45.0 Å². The van der Waals surface area contributed by atoms with Gasteiger partial charge in [0.2, 0.25) is 10.0 Å². The topological polar surface area (TPSA) is 82.3 Å². The third-order valence-corrected chi connectivity index (χ3v) is 6.80. The van der Waals surface area contributed by atoms with E-state index in [1.54, 1.807) is 11.8 Å². The van der Waals surface area contributed by atoms with Crippen LogP contribution < -0.4 is 5.32 Å². The Kier molecular flexibility index (Phi) is 5.38. The number of hydrogen-bond acceptors (Lipinski definition) is 4. The molecule has 1 aliphatic heterocycles. The molecule has 1 saturated heterocycles.